The van der Waals surface area contributed by atoms with E-state index in [9.17, 15) is 14.4 Å². The number of nitrogens with zero attached hydrogens (tertiary/aromatic N) is 2. The topological polar surface area (TPSA) is 69.7 Å². The highest BCUT2D eigenvalue weighted by Crippen LogP contribution is 2.32. The van der Waals surface area contributed by atoms with Crippen LogP contribution in [0.4, 0.5) is 10.5 Å². The highest BCUT2D eigenvalue weighted by atomic mass is 16.2. The van der Waals surface area contributed by atoms with Crippen molar-refractivity contribution in [2.24, 2.45) is 0 Å². The first-order valence-electron chi connectivity index (χ1n) is 9.89. The molecule has 3 rings (SSSR count). The van der Waals surface area contributed by atoms with Gasteiger partial charge in [0.15, 0.2) is 0 Å². The normalized spacial score (nSPS) is 18.9. The number of imide groups is 1. The summed E-state index contributed by atoms with van der Waals surface area (Å²) in [5.74, 6) is -0.684. The summed E-state index contributed by atoms with van der Waals surface area (Å²) in [7, 11) is 0. The van der Waals surface area contributed by atoms with Crippen LogP contribution < -0.4 is 10.2 Å². The summed E-state index contributed by atoms with van der Waals surface area (Å²) >= 11 is 0. The smallest absolute Gasteiger partial charge is 0.319 e. The molecule has 0 spiro atoms. The standard InChI is InChI=1S/C23H27N3O3/c1-5-23(18-12-7-6-8-13-18)21(28)25(22(29)24-23)15-20(27)26(16(2)3)19-14-10-9-11-17(19)4/h6-14,16H,5,15H2,1-4H3,(H,24,29). The number of urea groups is 1. The molecule has 152 valence electrons. The lowest BCUT2D eigenvalue weighted by Gasteiger charge is -2.30. The maximum atomic E-state index is 13.3. The van der Waals surface area contributed by atoms with Gasteiger partial charge in [0.1, 0.15) is 12.1 Å². The van der Waals surface area contributed by atoms with E-state index < -0.39 is 17.5 Å². The fourth-order valence-electron chi connectivity index (χ4n) is 3.88. The minimum Gasteiger partial charge on any atom is -0.319 e. The van der Waals surface area contributed by atoms with Gasteiger partial charge in [-0.1, -0.05) is 55.5 Å². The molecule has 1 aliphatic rings. The number of carbonyl (C=O) groups excluding carboxylic acids is 3. The maximum absolute atomic E-state index is 13.3. The van der Waals surface area contributed by atoms with Gasteiger partial charge in [0.2, 0.25) is 5.91 Å². The molecular weight excluding hydrogens is 366 g/mol. The van der Waals surface area contributed by atoms with Gasteiger partial charge < -0.3 is 10.2 Å². The molecule has 2 aromatic rings. The Hall–Kier alpha value is -3.15. The average molecular weight is 393 g/mol. The monoisotopic (exact) mass is 393 g/mol. The van der Waals surface area contributed by atoms with Crippen molar-refractivity contribution >= 4 is 23.5 Å². The van der Waals surface area contributed by atoms with Gasteiger partial charge in [-0.15, -0.1) is 0 Å². The van der Waals surface area contributed by atoms with Gasteiger partial charge >= 0.3 is 6.03 Å². The highest BCUT2D eigenvalue weighted by Gasteiger charge is 2.51. The summed E-state index contributed by atoms with van der Waals surface area (Å²) in [6.07, 6.45) is 0.401. The van der Waals surface area contributed by atoms with E-state index in [1.54, 1.807) is 4.90 Å². The minimum atomic E-state index is -1.13. The molecule has 4 amide bonds. The van der Waals surface area contributed by atoms with Crippen LogP contribution >= 0.6 is 0 Å². The first kappa shape index (κ1) is 20.6. The molecule has 2 aromatic carbocycles. The Morgan fingerprint density at radius 3 is 2.28 bits per heavy atom. The van der Waals surface area contributed by atoms with Gasteiger partial charge in [-0.25, -0.2) is 4.79 Å². The summed E-state index contributed by atoms with van der Waals surface area (Å²) in [5.41, 5.74) is 1.32. The molecule has 1 atom stereocenters. The Kier molecular flexibility index (Phi) is 5.73. The van der Waals surface area contributed by atoms with Gasteiger partial charge in [-0.3, -0.25) is 14.5 Å². The molecule has 1 aliphatic heterocycles. The minimum absolute atomic E-state index is 0.116. The summed E-state index contributed by atoms with van der Waals surface area (Å²) in [6.45, 7) is 7.31. The molecule has 0 radical (unpaired) electrons. The predicted octanol–water partition coefficient (Wildman–Crippen LogP) is 3.59. The zero-order chi connectivity index (χ0) is 21.2. The lowest BCUT2D eigenvalue weighted by molar-refractivity contribution is -0.134. The van der Waals surface area contributed by atoms with Gasteiger partial charge in [0, 0.05) is 11.7 Å². The molecular formula is C23H27N3O3. The number of para-hydroxylation sites is 1. The Bertz CT molecular complexity index is 926. The van der Waals surface area contributed by atoms with Crippen LogP contribution in [0.3, 0.4) is 0 Å². The molecule has 1 saturated heterocycles. The van der Waals surface area contributed by atoms with Crippen molar-refractivity contribution in [3.63, 3.8) is 0 Å². The van der Waals surface area contributed by atoms with E-state index in [1.165, 1.54) is 0 Å². The molecule has 1 fully saturated rings. The number of nitrogens with one attached hydrogen (secondary N) is 1. The zero-order valence-electron chi connectivity index (χ0n) is 17.3. The SMILES string of the molecule is CCC1(c2ccccc2)NC(=O)N(CC(=O)N(c2ccccc2C)C(C)C)C1=O. The third-order valence-electron chi connectivity index (χ3n) is 5.43. The number of hydrogen-bond acceptors (Lipinski definition) is 3. The van der Waals surface area contributed by atoms with Crippen molar-refractivity contribution in [2.45, 2.75) is 45.7 Å². The van der Waals surface area contributed by atoms with E-state index >= 15 is 0 Å². The first-order chi connectivity index (χ1) is 13.8. The summed E-state index contributed by atoms with van der Waals surface area (Å²) in [6, 6.07) is 16.1. The lowest BCUT2D eigenvalue weighted by atomic mass is 9.87. The maximum Gasteiger partial charge on any atom is 0.325 e. The van der Waals surface area contributed by atoms with Crippen molar-refractivity contribution in [1.82, 2.24) is 10.2 Å². The number of rotatable bonds is 6. The van der Waals surface area contributed by atoms with Crippen molar-refractivity contribution < 1.29 is 14.4 Å². The van der Waals surface area contributed by atoms with Crippen LogP contribution in [-0.4, -0.2) is 35.3 Å². The van der Waals surface area contributed by atoms with Gasteiger partial charge in [0.25, 0.3) is 5.91 Å². The molecule has 1 heterocycles. The quantitative estimate of drug-likeness (QED) is 0.763. The van der Waals surface area contributed by atoms with Crippen LogP contribution in [0.1, 0.15) is 38.3 Å². The summed E-state index contributed by atoms with van der Waals surface area (Å²) in [4.78, 5) is 41.8. The molecule has 6 nitrogen and oxygen atoms in total. The number of aryl methyl sites for hydroxylation is 1. The van der Waals surface area contributed by atoms with Crippen LogP contribution in [0, 0.1) is 6.92 Å². The second-order valence-corrected chi connectivity index (χ2v) is 7.59. The van der Waals surface area contributed by atoms with Crippen LogP contribution in [-0.2, 0) is 15.1 Å². The highest BCUT2D eigenvalue weighted by molar-refractivity contribution is 6.10. The Morgan fingerprint density at radius 1 is 1.07 bits per heavy atom. The Morgan fingerprint density at radius 2 is 1.69 bits per heavy atom. The van der Waals surface area contributed by atoms with E-state index in [2.05, 4.69) is 5.32 Å². The molecule has 29 heavy (non-hydrogen) atoms. The van der Waals surface area contributed by atoms with Crippen molar-refractivity contribution in [3.8, 4) is 0 Å². The third-order valence-corrected chi connectivity index (χ3v) is 5.43. The van der Waals surface area contributed by atoms with Crippen LogP contribution in [0.5, 0.6) is 0 Å². The summed E-state index contributed by atoms with van der Waals surface area (Å²) in [5, 5.41) is 2.82. The van der Waals surface area contributed by atoms with Gasteiger partial charge in [0.05, 0.1) is 0 Å². The van der Waals surface area contributed by atoms with Crippen molar-refractivity contribution in [3.05, 3.63) is 65.7 Å². The fourth-order valence-corrected chi connectivity index (χ4v) is 3.88. The zero-order valence-corrected chi connectivity index (χ0v) is 17.3. The van der Waals surface area contributed by atoms with Crippen LogP contribution in [0.25, 0.3) is 0 Å². The Labute approximate surface area is 171 Å². The van der Waals surface area contributed by atoms with Crippen LogP contribution in [0.2, 0.25) is 0 Å². The van der Waals surface area contributed by atoms with E-state index in [1.807, 2.05) is 82.3 Å². The molecule has 0 bridgehead atoms. The lowest BCUT2D eigenvalue weighted by Crippen LogP contribution is -2.47. The van der Waals surface area contributed by atoms with Gasteiger partial charge in [-0.2, -0.15) is 0 Å². The third kappa shape index (κ3) is 3.62. The second kappa shape index (κ2) is 8.07. The Balaban J connectivity index is 1.89. The average Bonchev–Trinajstić information content (AvgIpc) is 2.95. The number of amides is 4. The largest absolute Gasteiger partial charge is 0.325 e. The molecule has 6 heteroatoms. The molecule has 0 aliphatic carbocycles. The number of carbonyl (C=O) groups is 3. The van der Waals surface area contributed by atoms with E-state index in [0.717, 1.165) is 21.7 Å². The van der Waals surface area contributed by atoms with Crippen molar-refractivity contribution in [2.75, 3.05) is 11.4 Å². The second-order valence-electron chi connectivity index (χ2n) is 7.59. The summed E-state index contributed by atoms with van der Waals surface area (Å²) < 4.78 is 0. The molecule has 0 saturated carbocycles. The predicted molar refractivity (Wildman–Crippen MR) is 112 cm³/mol. The fraction of sp³-hybridized carbons (Fsp3) is 0.348. The molecule has 1 unspecified atom stereocenters. The van der Waals surface area contributed by atoms with Gasteiger partial charge in [-0.05, 0) is 44.4 Å². The number of benzene rings is 2. The number of anilines is 1. The first-order valence-corrected chi connectivity index (χ1v) is 9.89. The molecule has 1 N–H and O–H groups in total. The van der Waals surface area contributed by atoms with Crippen LogP contribution in [0.15, 0.2) is 54.6 Å². The molecule has 0 aromatic heterocycles. The van der Waals surface area contributed by atoms with E-state index in [0.29, 0.717) is 6.42 Å². The number of hydrogen-bond donors (Lipinski definition) is 1. The van der Waals surface area contributed by atoms with E-state index in [-0.39, 0.29) is 18.5 Å². The van der Waals surface area contributed by atoms with Crippen molar-refractivity contribution in [1.29, 1.82) is 0 Å². The van der Waals surface area contributed by atoms with E-state index in [4.69, 9.17) is 0 Å².